The van der Waals surface area contributed by atoms with Gasteiger partial charge in [0.1, 0.15) is 6.33 Å². The van der Waals surface area contributed by atoms with Crippen molar-refractivity contribution >= 4 is 28.9 Å². The van der Waals surface area contributed by atoms with Crippen molar-refractivity contribution in [3.8, 4) is 0 Å². The molecule has 7 heteroatoms. The van der Waals surface area contributed by atoms with E-state index in [0.717, 1.165) is 35.1 Å². The maximum Gasteiger partial charge on any atom is 0.191 e. The van der Waals surface area contributed by atoms with Crippen LogP contribution in [0, 0.1) is 13.8 Å². The summed E-state index contributed by atoms with van der Waals surface area (Å²) in [5, 5.41) is 11.0. The maximum absolute atomic E-state index is 12.3. The molecule has 120 valence electrons. The molecule has 0 bridgehead atoms. The number of nitrogens with one attached hydrogen (secondary N) is 1. The second-order valence-electron chi connectivity index (χ2n) is 5.34. The Morgan fingerprint density at radius 3 is 3.00 bits per heavy atom. The molecule has 0 spiro atoms. The third-order valence-electron chi connectivity index (χ3n) is 3.54. The summed E-state index contributed by atoms with van der Waals surface area (Å²) in [5.41, 5.74) is 2.70. The number of rotatable bonds is 7. The predicted molar refractivity (Wildman–Crippen MR) is 93.4 cm³/mol. The molecule has 5 nitrogen and oxygen atoms in total. The van der Waals surface area contributed by atoms with Crippen molar-refractivity contribution in [1.29, 1.82) is 0 Å². The van der Waals surface area contributed by atoms with Crippen LogP contribution in [0.4, 0.5) is 0 Å². The number of ketones is 1. The molecule has 1 N–H and O–H groups in total. The molecule has 3 aromatic heterocycles. The SMILES string of the molecule is Cc1cc(C(=O)CSc2nncn2CCc2cccs2)c(C)[nH]1. The van der Waals surface area contributed by atoms with E-state index in [1.807, 2.05) is 24.5 Å². The Labute approximate surface area is 143 Å². The Balaban J connectivity index is 1.59. The lowest BCUT2D eigenvalue weighted by Crippen LogP contribution is -2.06. The van der Waals surface area contributed by atoms with Crippen LogP contribution in [-0.4, -0.2) is 31.3 Å². The lowest BCUT2D eigenvalue weighted by atomic mass is 10.2. The van der Waals surface area contributed by atoms with Gasteiger partial charge in [-0.3, -0.25) is 4.79 Å². The maximum atomic E-state index is 12.3. The van der Waals surface area contributed by atoms with Gasteiger partial charge >= 0.3 is 0 Å². The number of hydrogen-bond donors (Lipinski definition) is 1. The van der Waals surface area contributed by atoms with Gasteiger partial charge in [-0.1, -0.05) is 17.8 Å². The van der Waals surface area contributed by atoms with Crippen LogP contribution in [0.15, 0.2) is 35.1 Å². The predicted octanol–water partition coefficient (Wildman–Crippen LogP) is 3.50. The molecule has 3 heterocycles. The number of carbonyl (C=O) groups is 1. The molecule has 0 aromatic carbocycles. The van der Waals surface area contributed by atoms with Crippen LogP contribution < -0.4 is 0 Å². The first-order valence-electron chi connectivity index (χ1n) is 7.36. The van der Waals surface area contributed by atoms with Crippen LogP contribution >= 0.6 is 23.1 Å². The summed E-state index contributed by atoms with van der Waals surface area (Å²) < 4.78 is 2.01. The highest BCUT2D eigenvalue weighted by atomic mass is 32.2. The van der Waals surface area contributed by atoms with Crippen molar-refractivity contribution in [3.05, 3.63) is 51.7 Å². The number of hydrogen-bond acceptors (Lipinski definition) is 5. The van der Waals surface area contributed by atoms with Gasteiger partial charge in [0, 0.05) is 28.4 Å². The van der Waals surface area contributed by atoms with Crippen molar-refractivity contribution in [1.82, 2.24) is 19.7 Å². The number of aromatic amines is 1. The molecular weight excluding hydrogens is 328 g/mol. The quantitative estimate of drug-likeness (QED) is 0.525. The van der Waals surface area contributed by atoms with Crippen LogP contribution in [0.3, 0.4) is 0 Å². The van der Waals surface area contributed by atoms with Gasteiger partial charge in [0.2, 0.25) is 0 Å². The van der Waals surface area contributed by atoms with Gasteiger partial charge in [-0.15, -0.1) is 21.5 Å². The molecule has 3 rings (SSSR count). The van der Waals surface area contributed by atoms with E-state index in [0.29, 0.717) is 5.75 Å². The average molecular weight is 346 g/mol. The minimum absolute atomic E-state index is 0.115. The molecule has 0 saturated heterocycles. The summed E-state index contributed by atoms with van der Waals surface area (Å²) in [7, 11) is 0. The molecule has 0 amide bonds. The molecule has 3 aromatic rings. The summed E-state index contributed by atoms with van der Waals surface area (Å²) in [6, 6.07) is 6.09. The van der Waals surface area contributed by atoms with E-state index in [1.165, 1.54) is 16.6 Å². The summed E-state index contributed by atoms with van der Waals surface area (Å²) >= 11 is 3.19. The van der Waals surface area contributed by atoms with E-state index in [-0.39, 0.29) is 5.78 Å². The highest BCUT2D eigenvalue weighted by molar-refractivity contribution is 7.99. The second kappa shape index (κ2) is 7.14. The first-order chi connectivity index (χ1) is 11.1. The van der Waals surface area contributed by atoms with E-state index >= 15 is 0 Å². The fraction of sp³-hybridized carbons (Fsp3) is 0.312. The van der Waals surface area contributed by atoms with Crippen LogP contribution in [0.1, 0.15) is 26.6 Å². The lowest BCUT2D eigenvalue weighted by molar-refractivity contribution is 0.102. The topological polar surface area (TPSA) is 63.6 Å². The third-order valence-corrected chi connectivity index (χ3v) is 5.46. The Kier molecular flexibility index (Phi) is 4.97. The fourth-order valence-corrected chi connectivity index (χ4v) is 3.94. The summed E-state index contributed by atoms with van der Waals surface area (Å²) in [6.07, 6.45) is 2.68. The molecular formula is C16H18N4OS2. The number of aromatic nitrogens is 4. The van der Waals surface area contributed by atoms with Crippen LogP contribution in [0.5, 0.6) is 0 Å². The Morgan fingerprint density at radius 2 is 2.30 bits per heavy atom. The number of thioether (sulfide) groups is 1. The van der Waals surface area contributed by atoms with E-state index in [4.69, 9.17) is 0 Å². The lowest BCUT2D eigenvalue weighted by Gasteiger charge is -2.05. The molecule has 0 radical (unpaired) electrons. The summed E-state index contributed by atoms with van der Waals surface area (Å²) in [4.78, 5) is 16.8. The molecule has 0 saturated carbocycles. The Morgan fingerprint density at radius 1 is 1.43 bits per heavy atom. The summed E-state index contributed by atoms with van der Waals surface area (Å²) in [5.74, 6) is 0.486. The molecule has 0 fully saturated rings. The highest BCUT2D eigenvalue weighted by Gasteiger charge is 2.14. The molecule has 0 aliphatic heterocycles. The highest BCUT2D eigenvalue weighted by Crippen LogP contribution is 2.19. The van der Waals surface area contributed by atoms with Crippen molar-refractivity contribution < 1.29 is 4.79 Å². The minimum Gasteiger partial charge on any atom is -0.362 e. The Bertz CT molecular complexity index is 789. The zero-order valence-electron chi connectivity index (χ0n) is 13.1. The molecule has 23 heavy (non-hydrogen) atoms. The van der Waals surface area contributed by atoms with Gasteiger partial charge < -0.3 is 9.55 Å². The molecule has 0 unspecified atom stereocenters. The minimum atomic E-state index is 0.115. The van der Waals surface area contributed by atoms with Gasteiger partial charge in [0.05, 0.1) is 5.75 Å². The number of carbonyl (C=O) groups excluding carboxylic acids is 1. The average Bonchev–Trinajstić information content (AvgIpc) is 3.24. The molecule has 0 aliphatic rings. The van der Waals surface area contributed by atoms with Gasteiger partial charge in [0.25, 0.3) is 0 Å². The smallest absolute Gasteiger partial charge is 0.191 e. The molecule has 0 aliphatic carbocycles. The van der Waals surface area contributed by atoms with Gasteiger partial charge in [0.15, 0.2) is 10.9 Å². The van der Waals surface area contributed by atoms with E-state index in [9.17, 15) is 4.79 Å². The largest absolute Gasteiger partial charge is 0.362 e. The van der Waals surface area contributed by atoms with Gasteiger partial charge in [-0.25, -0.2) is 0 Å². The van der Waals surface area contributed by atoms with Crippen LogP contribution in [0.25, 0.3) is 0 Å². The first-order valence-corrected chi connectivity index (χ1v) is 9.22. The van der Waals surface area contributed by atoms with E-state index in [1.54, 1.807) is 17.7 Å². The van der Waals surface area contributed by atoms with E-state index in [2.05, 4.69) is 32.7 Å². The molecule has 0 atom stereocenters. The number of thiophene rings is 1. The second-order valence-corrected chi connectivity index (χ2v) is 7.31. The zero-order valence-corrected chi connectivity index (χ0v) is 14.7. The number of Topliss-reactive ketones (excluding diaryl/α,β-unsaturated/α-hetero) is 1. The van der Waals surface area contributed by atoms with Crippen molar-refractivity contribution in [2.24, 2.45) is 0 Å². The fourth-order valence-electron chi connectivity index (χ4n) is 2.42. The summed E-state index contributed by atoms with van der Waals surface area (Å²) in [6.45, 7) is 4.71. The zero-order chi connectivity index (χ0) is 16.2. The van der Waals surface area contributed by atoms with Gasteiger partial charge in [-0.05, 0) is 37.8 Å². The monoisotopic (exact) mass is 346 g/mol. The van der Waals surface area contributed by atoms with Crippen molar-refractivity contribution in [2.45, 2.75) is 32.0 Å². The van der Waals surface area contributed by atoms with Crippen molar-refractivity contribution in [2.75, 3.05) is 5.75 Å². The first kappa shape index (κ1) is 16.0. The third kappa shape index (κ3) is 3.92. The van der Waals surface area contributed by atoms with Crippen molar-refractivity contribution in [3.63, 3.8) is 0 Å². The van der Waals surface area contributed by atoms with E-state index < -0.39 is 0 Å². The van der Waals surface area contributed by atoms with Gasteiger partial charge in [-0.2, -0.15) is 0 Å². The normalized spacial score (nSPS) is 11.0. The Hall–Kier alpha value is -1.86. The number of aryl methyl sites for hydroxylation is 4. The standard InChI is InChI=1S/C16H18N4OS2/c1-11-8-14(12(2)18-11)15(21)9-23-16-19-17-10-20(16)6-5-13-4-3-7-22-13/h3-4,7-8,10,18H,5-6,9H2,1-2H3. The number of nitrogens with zero attached hydrogens (tertiary/aromatic N) is 3. The number of H-pyrrole nitrogens is 1. The van der Waals surface area contributed by atoms with Crippen LogP contribution in [0.2, 0.25) is 0 Å². The van der Waals surface area contributed by atoms with Crippen LogP contribution in [-0.2, 0) is 13.0 Å².